The van der Waals surface area contributed by atoms with Crippen molar-refractivity contribution in [2.45, 2.75) is 13.0 Å². The molecule has 0 radical (unpaired) electrons. The fourth-order valence-electron chi connectivity index (χ4n) is 2.37. The van der Waals surface area contributed by atoms with Crippen molar-refractivity contribution in [1.29, 1.82) is 0 Å². The average molecular weight is 377 g/mol. The monoisotopic (exact) mass is 377 g/mol. The summed E-state index contributed by atoms with van der Waals surface area (Å²) in [6.45, 7) is 0.322. The molecule has 1 heterocycles. The van der Waals surface area contributed by atoms with Crippen LogP contribution in [0.3, 0.4) is 0 Å². The van der Waals surface area contributed by atoms with E-state index in [4.69, 9.17) is 4.74 Å². The number of ether oxygens (including phenoxy) is 1. The zero-order chi connectivity index (χ0) is 19.0. The normalized spacial score (nSPS) is 11.3. The quantitative estimate of drug-likeness (QED) is 0.710. The smallest absolute Gasteiger partial charge is 0.235 e. The Hall–Kier alpha value is -2.45. The van der Waals surface area contributed by atoms with Gasteiger partial charge < -0.3 is 10.1 Å². The minimum Gasteiger partial charge on any atom is -0.497 e. The standard InChI is InChI=1S/C18H23N3O4S/c1-25-17-5-3-4-15(12-17)8-11-20-18(22)14-21(26(2,23)24)13-16-6-9-19-10-7-16/h3-7,9-10,12H,8,11,13-14H2,1-2H3,(H,20,22). The van der Waals surface area contributed by atoms with E-state index in [1.54, 1.807) is 31.6 Å². The fourth-order valence-corrected chi connectivity index (χ4v) is 3.11. The second-order valence-electron chi connectivity index (χ2n) is 5.84. The predicted octanol–water partition coefficient (Wildman–Crippen LogP) is 1.21. The maximum Gasteiger partial charge on any atom is 0.235 e. The van der Waals surface area contributed by atoms with Gasteiger partial charge in [0.05, 0.1) is 19.9 Å². The van der Waals surface area contributed by atoms with Crippen LogP contribution in [0.2, 0.25) is 0 Å². The summed E-state index contributed by atoms with van der Waals surface area (Å²) in [4.78, 5) is 16.1. The number of nitrogens with one attached hydrogen (secondary N) is 1. The van der Waals surface area contributed by atoms with Crippen LogP contribution >= 0.6 is 0 Å². The SMILES string of the molecule is COc1cccc(CCNC(=O)CN(Cc2ccncc2)S(C)(=O)=O)c1. The molecule has 1 amide bonds. The fraction of sp³-hybridized carbons (Fsp3) is 0.333. The van der Waals surface area contributed by atoms with Gasteiger partial charge in [0.1, 0.15) is 5.75 Å². The summed E-state index contributed by atoms with van der Waals surface area (Å²) in [5.41, 5.74) is 1.80. The molecule has 1 N–H and O–H groups in total. The molecule has 0 aliphatic heterocycles. The van der Waals surface area contributed by atoms with E-state index in [9.17, 15) is 13.2 Å². The van der Waals surface area contributed by atoms with Crippen molar-refractivity contribution in [3.05, 3.63) is 59.9 Å². The van der Waals surface area contributed by atoms with Crippen molar-refractivity contribution in [2.24, 2.45) is 0 Å². The first kappa shape index (κ1) is 19.9. The highest BCUT2D eigenvalue weighted by atomic mass is 32.2. The van der Waals surface area contributed by atoms with Gasteiger partial charge >= 0.3 is 0 Å². The first-order chi connectivity index (χ1) is 12.4. The molecule has 2 rings (SSSR count). The van der Waals surface area contributed by atoms with Gasteiger partial charge in [0.15, 0.2) is 0 Å². The van der Waals surface area contributed by atoms with Gasteiger partial charge in [-0.15, -0.1) is 0 Å². The highest BCUT2D eigenvalue weighted by molar-refractivity contribution is 7.88. The Balaban J connectivity index is 1.88. The number of carbonyl (C=O) groups is 1. The average Bonchev–Trinajstić information content (AvgIpc) is 2.61. The number of hydrogen-bond donors (Lipinski definition) is 1. The van der Waals surface area contributed by atoms with Crippen molar-refractivity contribution < 1.29 is 17.9 Å². The van der Waals surface area contributed by atoms with Gasteiger partial charge in [-0.05, 0) is 41.8 Å². The first-order valence-electron chi connectivity index (χ1n) is 8.12. The number of amides is 1. The molecule has 0 spiro atoms. The Morgan fingerprint density at radius 1 is 1.19 bits per heavy atom. The van der Waals surface area contributed by atoms with Crippen LogP contribution in [0.4, 0.5) is 0 Å². The molecule has 0 bridgehead atoms. The van der Waals surface area contributed by atoms with E-state index < -0.39 is 10.0 Å². The van der Waals surface area contributed by atoms with Gasteiger partial charge in [-0.3, -0.25) is 9.78 Å². The Labute approximate surface area is 154 Å². The molecule has 7 nitrogen and oxygen atoms in total. The Morgan fingerprint density at radius 2 is 1.92 bits per heavy atom. The molecular weight excluding hydrogens is 354 g/mol. The van der Waals surface area contributed by atoms with Crippen molar-refractivity contribution in [1.82, 2.24) is 14.6 Å². The highest BCUT2D eigenvalue weighted by Crippen LogP contribution is 2.12. The number of nitrogens with zero attached hydrogens (tertiary/aromatic N) is 2. The van der Waals surface area contributed by atoms with Crippen molar-refractivity contribution >= 4 is 15.9 Å². The van der Waals surface area contributed by atoms with Gasteiger partial charge in [-0.25, -0.2) is 8.42 Å². The van der Waals surface area contributed by atoms with E-state index >= 15 is 0 Å². The molecule has 0 atom stereocenters. The molecule has 0 saturated carbocycles. The Morgan fingerprint density at radius 3 is 2.58 bits per heavy atom. The lowest BCUT2D eigenvalue weighted by molar-refractivity contribution is -0.121. The molecule has 0 saturated heterocycles. The number of benzene rings is 1. The lowest BCUT2D eigenvalue weighted by Gasteiger charge is -2.19. The first-order valence-corrected chi connectivity index (χ1v) is 9.97. The largest absolute Gasteiger partial charge is 0.497 e. The van der Waals surface area contributed by atoms with Gasteiger partial charge in [0.25, 0.3) is 0 Å². The molecule has 26 heavy (non-hydrogen) atoms. The van der Waals surface area contributed by atoms with Crippen LogP contribution in [-0.4, -0.2) is 50.1 Å². The second-order valence-corrected chi connectivity index (χ2v) is 7.82. The Kier molecular flexibility index (Phi) is 7.11. The summed E-state index contributed by atoms with van der Waals surface area (Å²) >= 11 is 0. The maximum atomic E-state index is 12.1. The molecule has 1 aromatic heterocycles. The molecule has 8 heteroatoms. The van der Waals surface area contributed by atoms with Crippen LogP contribution in [0.25, 0.3) is 0 Å². The van der Waals surface area contributed by atoms with Crippen LogP contribution in [0, 0.1) is 0 Å². The van der Waals surface area contributed by atoms with Gasteiger partial charge in [0, 0.05) is 25.5 Å². The van der Waals surface area contributed by atoms with Crippen LogP contribution < -0.4 is 10.1 Å². The zero-order valence-corrected chi connectivity index (χ0v) is 15.7. The van der Waals surface area contributed by atoms with E-state index in [0.717, 1.165) is 27.4 Å². The third-order valence-corrected chi connectivity index (χ3v) is 4.96. The van der Waals surface area contributed by atoms with Crippen LogP contribution in [-0.2, 0) is 27.8 Å². The van der Waals surface area contributed by atoms with Crippen LogP contribution in [0.15, 0.2) is 48.8 Å². The van der Waals surface area contributed by atoms with E-state index in [1.165, 1.54) is 0 Å². The number of rotatable bonds is 9. The topological polar surface area (TPSA) is 88.6 Å². The Bertz CT molecular complexity index is 825. The number of carbonyl (C=O) groups excluding carboxylic acids is 1. The minimum atomic E-state index is -3.51. The predicted molar refractivity (Wildman–Crippen MR) is 99.2 cm³/mol. The molecule has 2 aromatic rings. The van der Waals surface area contributed by atoms with Crippen LogP contribution in [0.1, 0.15) is 11.1 Å². The van der Waals surface area contributed by atoms with E-state index in [0.29, 0.717) is 13.0 Å². The molecule has 0 aliphatic rings. The second kappa shape index (κ2) is 9.30. The van der Waals surface area contributed by atoms with E-state index in [2.05, 4.69) is 10.3 Å². The molecule has 1 aromatic carbocycles. The van der Waals surface area contributed by atoms with Gasteiger partial charge in [0.2, 0.25) is 15.9 Å². The maximum absolute atomic E-state index is 12.1. The number of aromatic nitrogens is 1. The molecule has 0 aliphatic carbocycles. The van der Waals surface area contributed by atoms with Crippen molar-refractivity contribution in [3.63, 3.8) is 0 Å². The minimum absolute atomic E-state index is 0.130. The summed E-state index contributed by atoms with van der Waals surface area (Å²) < 4.78 is 30.2. The summed E-state index contributed by atoms with van der Waals surface area (Å²) in [7, 11) is -1.91. The number of sulfonamides is 1. The third kappa shape index (κ3) is 6.45. The highest BCUT2D eigenvalue weighted by Gasteiger charge is 2.20. The van der Waals surface area contributed by atoms with Crippen molar-refractivity contribution in [2.75, 3.05) is 26.5 Å². The zero-order valence-electron chi connectivity index (χ0n) is 14.9. The lowest BCUT2D eigenvalue weighted by Crippen LogP contribution is -2.40. The van der Waals surface area contributed by atoms with Gasteiger partial charge in [-0.2, -0.15) is 4.31 Å². The third-order valence-electron chi connectivity index (χ3n) is 3.77. The summed E-state index contributed by atoms with van der Waals surface area (Å²) in [5.74, 6) is 0.418. The van der Waals surface area contributed by atoms with E-state index in [-0.39, 0.29) is 19.0 Å². The molecule has 0 fully saturated rings. The summed E-state index contributed by atoms with van der Waals surface area (Å²) in [5, 5.41) is 2.76. The molecule has 0 unspecified atom stereocenters. The number of methoxy groups -OCH3 is 1. The van der Waals surface area contributed by atoms with Crippen LogP contribution in [0.5, 0.6) is 5.75 Å². The van der Waals surface area contributed by atoms with Gasteiger partial charge in [-0.1, -0.05) is 12.1 Å². The molecule has 140 valence electrons. The van der Waals surface area contributed by atoms with Crippen molar-refractivity contribution in [3.8, 4) is 5.75 Å². The number of hydrogen-bond acceptors (Lipinski definition) is 5. The lowest BCUT2D eigenvalue weighted by atomic mass is 10.1. The number of pyridine rings is 1. The van der Waals surface area contributed by atoms with E-state index in [1.807, 2.05) is 24.3 Å². The molecular formula is C18H23N3O4S. The summed E-state index contributed by atoms with van der Waals surface area (Å²) in [6, 6.07) is 11.0. The summed E-state index contributed by atoms with van der Waals surface area (Å²) in [6.07, 6.45) is 4.90.